The predicted octanol–water partition coefficient (Wildman–Crippen LogP) is 0.0644. The summed E-state index contributed by atoms with van der Waals surface area (Å²) in [7, 11) is 0. The summed E-state index contributed by atoms with van der Waals surface area (Å²) in [6.07, 6.45) is 4.89. The van der Waals surface area contributed by atoms with Crippen molar-refractivity contribution in [2.45, 2.75) is 25.3 Å². The number of nitrogens with one attached hydrogen (secondary N) is 2. The Morgan fingerprint density at radius 1 is 1.62 bits per heavy atom. The van der Waals surface area contributed by atoms with Crippen LogP contribution in [-0.2, 0) is 6.42 Å². The molecule has 1 aromatic rings. The van der Waals surface area contributed by atoms with Gasteiger partial charge in [-0.05, 0) is 25.5 Å². The Morgan fingerprint density at radius 2 is 2.54 bits per heavy atom. The Hall–Kier alpha value is -1.16. The number of hydrogen-bond acceptors (Lipinski definition) is 3. The molecule has 0 bridgehead atoms. The highest BCUT2D eigenvalue weighted by molar-refractivity contribution is 5.01. The maximum Gasteiger partial charge on any atom is 0.345 e. The zero-order valence-electron chi connectivity index (χ0n) is 7.42. The van der Waals surface area contributed by atoms with Crippen LogP contribution in [0.5, 0.6) is 0 Å². The molecule has 4 heteroatoms. The lowest BCUT2D eigenvalue weighted by molar-refractivity contribution is 0.593. The number of nitrogens with zero attached hydrogens (tertiary/aromatic N) is 1. The smallest absolute Gasteiger partial charge is 0.314 e. The van der Waals surface area contributed by atoms with Crippen LogP contribution in [0.15, 0.2) is 17.1 Å². The first kappa shape index (κ1) is 8.44. The Kier molecular flexibility index (Phi) is 2.40. The van der Waals surface area contributed by atoms with E-state index in [9.17, 15) is 4.79 Å². The van der Waals surface area contributed by atoms with Crippen molar-refractivity contribution in [3.8, 4) is 0 Å². The Labute approximate surface area is 76.4 Å². The SMILES string of the molecule is O=c1nccc(CC2CCCN2)[nH]1. The molecule has 0 amide bonds. The highest BCUT2D eigenvalue weighted by Crippen LogP contribution is 2.08. The second-order valence-electron chi connectivity index (χ2n) is 3.40. The molecule has 13 heavy (non-hydrogen) atoms. The quantitative estimate of drug-likeness (QED) is 0.675. The van der Waals surface area contributed by atoms with E-state index in [-0.39, 0.29) is 5.69 Å². The monoisotopic (exact) mass is 179 g/mol. The zero-order valence-corrected chi connectivity index (χ0v) is 7.42. The summed E-state index contributed by atoms with van der Waals surface area (Å²) in [5.74, 6) is 0. The van der Waals surface area contributed by atoms with E-state index in [0.717, 1.165) is 18.7 Å². The van der Waals surface area contributed by atoms with E-state index < -0.39 is 0 Å². The number of H-pyrrole nitrogens is 1. The molecule has 0 aliphatic carbocycles. The van der Waals surface area contributed by atoms with Crippen molar-refractivity contribution < 1.29 is 0 Å². The second-order valence-corrected chi connectivity index (χ2v) is 3.40. The predicted molar refractivity (Wildman–Crippen MR) is 49.6 cm³/mol. The third kappa shape index (κ3) is 2.15. The van der Waals surface area contributed by atoms with E-state index in [1.807, 2.05) is 6.07 Å². The zero-order chi connectivity index (χ0) is 9.10. The fourth-order valence-corrected chi connectivity index (χ4v) is 1.72. The number of hydrogen-bond donors (Lipinski definition) is 2. The molecule has 1 aromatic heterocycles. The molecule has 1 atom stereocenters. The molecule has 1 aliphatic rings. The molecule has 2 N–H and O–H groups in total. The van der Waals surface area contributed by atoms with Gasteiger partial charge in [-0.2, -0.15) is 0 Å². The van der Waals surface area contributed by atoms with Crippen molar-refractivity contribution in [3.05, 3.63) is 28.4 Å². The molecule has 1 saturated heterocycles. The minimum absolute atomic E-state index is 0.254. The number of aromatic amines is 1. The van der Waals surface area contributed by atoms with E-state index >= 15 is 0 Å². The molecule has 70 valence electrons. The maximum atomic E-state index is 10.9. The van der Waals surface area contributed by atoms with Gasteiger partial charge in [0.25, 0.3) is 0 Å². The first-order valence-electron chi connectivity index (χ1n) is 4.62. The Morgan fingerprint density at radius 3 is 3.23 bits per heavy atom. The van der Waals surface area contributed by atoms with E-state index in [1.165, 1.54) is 12.8 Å². The lowest BCUT2D eigenvalue weighted by Crippen LogP contribution is -2.25. The summed E-state index contributed by atoms with van der Waals surface area (Å²) in [6, 6.07) is 2.39. The summed E-state index contributed by atoms with van der Waals surface area (Å²) >= 11 is 0. The van der Waals surface area contributed by atoms with E-state index in [1.54, 1.807) is 6.20 Å². The van der Waals surface area contributed by atoms with Crippen molar-refractivity contribution in [3.63, 3.8) is 0 Å². The van der Waals surface area contributed by atoms with Gasteiger partial charge in [-0.15, -0.1) is 0 Å². The molecule has 1 fully saturated rings. The molecule has 0 radical (unpaired) electrons. The highest BCUT2D eigenvalue weighted by atomic mass is 16.1. The van der Waals surface area contributed by atoms with Crippen LogP contribution < -0.4 is 11.0 Å². The largest absolute Gasteiger partial charge is 0.345 e. The molecule has 0 saturated carbocycles. The third-order valence-electron chi connectivity index (χ3n) is 2.36. The normalized spacial score (nSPS) is 22.0. The van der Waals surface area contributed by atoms with Crippen LogP contribution in [0.25, 0.3) is 0 Å². The van der Waals surface area contributed by atoms with E-state index in [0.29, 0.717) is 6.04 Å². The fourth-order valence-electron chi connectivity index (χ4n) is 1.72. The second kappa shape index (κ2) is 3.70. The van der Waals surface area contributed by atoms with Crippen LogP contribution in [0.4, 0.5) is 0 Å². The lowest BCUT2D eigenvalue weighted by Gasteiger charge is -2.08. The van der Waals surface area contributed by atoms with Crippen LogP contribution in [0.3, 0.4) is 0 Å². The first-order chi connectivity index (χ1) is 6.34. The van der Waals surface area contributed by atoms with Gasteiger partial charge in [0.05, 0.1) is 0 Å². The van der Waals surface area contributed by atoms with Crippen molar-refractivity contribution >= 4 is 0 Å². The van der Waals surface area contributed by atoms with E-state index in [4.69, 9.17) is 0 Å². The van der Waals surface area contributed by atoms with Gasteiger partial charge < -0.3 is 10.3 Å². The average Bonchev–Trinajstić information content (AvgIpc) is 2.57. The van der Waals surface area contributed by atoms with Crippen molar-refractivity contribution in [2.75, 3.05) is 6.54 Å². The van der Waals surface area contributed by atoms with Gasteiger partial charge >= 0.3 is 5.69 Å². The molecule has 1 unspecified atom stereocenters. The molecule has 1 aliphatic heterocycles. The van der Waals surface area contributed by atoms with Crippen molar-refractivity contribution in [2.24, 2.45) is 0 Å². The molecule has 2 rings (SSSR count). The number of aromatic nitrogens is 2. The standard InChI is InChI=1S/C9H13N3O/c13-9-11-5-3-8(12-9)6-7-2-1-4-10-7/h3,5,7,10H,1-2,4,6H2,(H,11,12,13). The lowest BCUT2D eigenvalue weighted by atomic mass is 10.1. The molecule has 0 spiro atoms. The topological polar surface area (TPSA) is 57.8 Å². The molecule has 0 aromatic carbocycles. The Balaban J connectivity index is 2.04. The summed E-state index contributed by atoms with van der Waals surface area (Å²) in [5, 5.41) is 3.38. The van der Waals surface area contributed by atoms with Crippen LogP contribution in [0.1, 0.15) is 18.5 Å². The van der Waals surface area contributed by atoms with Crippen LogP contribution in [0.2, 0.25) is 0 Å². The van der Waals surface area contributed by atoms with Gasteiger partial charge in [0.2, 0.25) is 0 Å². The van der Waals surface area contributed by atoms with Gasteiger partial charge in [0.1, 0.15) is 0 Å². The molecular formula is C9H13N3O. The van der Waals surface area contributed by atoms with E-state index in [2.05, 4.69) is 15.3 Å². The van der Waals surface area contributed by atoms with Gasteiger partial charge in [-0.25, -0.2) is 9.78 Å². The van der Waals surface area contributed by atoms with Crippen LogP contribution in [-0.4, -0.2) is 22.6 Å². The molecular weight excluding hydrogens is 166 g/mol. The molecule has 2 heterocycles. The van der Waals surface area contributed by atoms with Gasteiger partial charge in [-0.3, -0.25) is 0 Å². The molecule has 4 nitrogen and oxygen atoms in total. The summed E-state index contributed by atoms with van der Waals surface area (Å²) in [4.78, 5) is 17.2. The summed E-state index contributed by atoms with van der Waals surface area (Å²) in [5.41, 5.74) is 0.717. The maximum absolute atomic E-state index is 10.9. The first-order valence-corrected chi connectivity index (χ1v) is 4.62. The van der Waals surface area contributed by atoms with Crippen molar-refractivity contribution in [1.82, 2.24) is 15.3 Å². The van der Waals surface area contributed by atoms with Gasteiger partial charge in [0, 0.05) is 24.4 Å². The van der Waals surface area contributed by atoms with Gasteiger partial charge in [-0.1, -0.05) is 0 Å². The minimum Gasteiger partial charge on any atom is -0.314 e. The minimum atomic E-state index is -0.254. The van der Waals surface area contributed by atoms with Crippen molar-refractivity contribution in [1.29, 1.82) is 0 Å². The summed E-state index contributed by atoms with van der Waals surface area (Å²) in [6.45, 7) is 1.10. The summed E-state index contributed by atoms with van der Waals surface area (Å²) < 4.78 is 0. The number of rotatable bonds is 2. The Bertz CT molecular complexity index is 328. The highest BCUT2D eigenvalue weighted by Gasteiger charge is 2.14. The fraction of sp³-hybridized carbons (Fsp3) is 0.556. The third-order valence-corrected chi connectivity index (χ3v) is 2.36. The van der Waals surface area contributed by atoms with Gasteiger partial charge in [0.15, 0.2) is 0 Å². The average molecular weight is 179 g/mol. The van der Waals surface area contributed by atoms with Crippen LogP contribution in [0, 0.1) is 0 Å². The van der Waals surface area contributed by atoms with Crippen LogP contribution >= 0.6 is 0 Å².